The highest BCUT2D eigenvalue weighted by atomic mass is 32.2. The van der Waals surface area contributed by atoms with Crippen LogP contribution in [0.4, 0.5) is 0 Å². The van der Waals surface area contributed by atoms with E-state index < -0.39 is 19.9 Å². The Bertz CT molecular complexity index is 1250. The fourth-order valence-electron chi connectivity index (χ4n) is 4.74. The van der Waals surface area contributed by atoms with Gasteiger partial charge in [-0.1, -0.05) is 0 Å². The lowest BCUT2D eigenvalue weighted by molar-refractivity contribution is 0.0599. The van der Waals surface area contributed by atoms with E-state index in [4.69, 9.17) is 4.74 Å². The lowest BCUT2D eigenvalue weighted by atomic mass is 9.78. The highest BCUT2D eigenvalue weighted by Crippen LogP contribution is 2.42. The number of rotatable bonds is 6. The summed E-state index contributed by atoms with van der Waals surface area (Å²) < 4.78 is 56.6. The predicted molar refractivity (Wildman–Crippen MR) is 128 cm³/mol. The van der Waals surface area contributed by atoms with Crippen molar-refractivity contribution in [3.05, 3.63) is 54.1 Å². The van der Waals surface area contributed by atoms with Gasteiger partial charge in [-0.3, -0.25) is 4.79 Å². The van der Waals surface area contributed by atoms with Crippen molar-refractivity contribution in [3.63, 3.8) is 0 Å². The van der Waals surface area contributed by atoms with Crippen LogP contribution in [0.15, 0.2) is 58.3 Å². The third-order valence-electron chi connectivity index (χ3n) is 6.82. The molecule has 2 aliphatic heterocycles. The number of sulfonamides is 1. The lowest BCUT2D eigenvalue weighted by Crippen LogP contribution is -2.44. The fraction of sp³-hybridized carbons (Fsp3) is 0.458. The average Bonchev–Trinajstić information content (AvgIpc) is 3.24. The first kappa shape index (κ1) is 24.7. The Hall–Kier alpha value is -2.43. The molecule has 0 unspecified atom stereocenters. The van der Waals surface area contributed by atoms with Gasteiger partial charge >= 0.3 is 0 Å². The molecular weight excluding hydrogens is 476 g/mol. The smallest absolute Gasteiger partial charge is 0.253 e. The quantitative estimate of drug-likeness (QED) is 0.597. The molecule has 0 bridgehead atoms. The molecule has 0 aliphatic carbocycles. The maximum absolute atomic E-state index is 13.2. The summed E-state index contributed by atoms with van der Waals surface area (Å²) in [6, 6.07) is 12.5. The number of ether oxygens (including phenoxy) is 1. The van der Waals surface area contributed by atoms with Crippen molar-refractivity contribution < 1.29 is 26.4 Å². The van der Waals surface area contributed by atoms with Crippen LogP contribution in [0.25, 0.3) is 0 Å². The molecule has 2 aliphatic rings. The van der Waals surface area contributed by atoms with Crippen LogP contribution in [0.1, 0.15) is 36.5 Å². The monoisotopic (exact) mass is 506 g/mol. The van der Waals surface area contributed by atoms with Gasteiger partial charge in [-0.05, 0) is 80.1 Å². The Morgan fingerprint density at radius 1 is 0.882 bits per heavy atom. The van der Waals surface area contributed by atoms with E-state index >= 15 is 0 Å². The molecule has 0 atom stereocenters. The van der Waals surface area contributed by atoms with Crippen molar-refractivity contribution in [2.75, 3.05) is 39.0 Å². The molecule has 1 amide bonds. The number of hydrogen-bond acceptors (Lipinski definition) is 6. The summed E-state index contributed by atoms with van der Waals surface area (Å²) in [5, 5.41) is 0. The fourth-order valence-corrected chi connectivity index (χ4v) is 6.93. The van der Waals surface area contributed by atoms with Gasteiger partial charge in [0.1, 0.15) is 5.75 Å². The molecule has 2 fully saturated rings. The maximum atomic E-state index is 13.2. The summed E-state index contributed by atoms with van der Waals surface area (Å²) in [6.45, 7) is 4.48. The topological polar surface area (TPSA) is 101 Å². The third kappa shape index (κ3) is 4.99. The Balaban J connectivity index is 1.39. The van der Waals surface area contributed by atoms with Crippen LogP contribution in [0.2, 0.25) is 0 Å². The molecule has 2 aromatic carbocycles. The Labute approximate surface area is 201 Å². The van der Waals surface area contributed by atoms with E-state index in [0.29, 0.717) is 38.3 Å². The molecule has 2 aromatic rings. The molecule has 34 heavy (non-hydrogen) atoms. The Kier molecular flexibility index (Phi) is 6.76. The number of carbonyl (C=O) groups is 1. The first-order valence-electron chi connectivity index (χ1n) is 11.4. The highest BCUT2D eigenvalue weighted by molar-refractivity contribution is 7.90. The van der Waals surface area contributed by atoms with Gasteiger partial charge in [-0.25, -0.2) is 16.8 Å². The lowest BCUT2D eigenvalue weighted by Gasteiger charge is -2.39. The molecule has 0 saturated carbocycles. The van der Waals surface area contributed by atoms with Crippen molar-refractivity contribution in [1.29, 1.82) is 0 Å². The minimum Gasteiger partial charge on any atom is -0.494 e. The number of carbonyl (C=O) groups excluding carboxylic acids is 1. The average molecular weight is 507 g/mol. The van der Waals surface area contributed by atoms with E-state index in [1.54, 1.807) is 24.3 Å². The molecular formula is C24H30N2O6S2. The number of amides is 1. The molecule has 2 heterocycles. The zero-order chi connectivity index (χ0) is 24.6. The van der Waals surface area contributed by atoms with Crippen LogP contribution >= 0.6 is 0 Å². The summed E-state index contributed by atoms with van der Waals surface area (Å²) >= 11 is 0. The molecule has 4 rings (SSSR count). The van der Waals surface area contributed by atoms with Gasteiger partial charge in [0.25, 0.3) is 5.91 Å². The summed E-state index contributed by atoms with van der Waals surface area (Å²) in [4.78, 5) is 14.9. The van der Waals surface area contributed by atoms with Crippen LogP contribution in [-0.2, 0) is 19.9 Å². The minimum absolute atomic E-state index is 0.0219. The Morgan fingerprint density at radius 3 is 2.00 bits per heavy atom. The van der Waals surface area contributed by atoms with E-state index in [2.05, 4.69) is 0 Å². The van der Waals surface area contributed by atoms with E-state index in [1.165, 1.54) is 28.6 Å². The van der Waals surface area contributed by atoms with E-state index in [1.807, 2.05) is 11.8 Å². The van der Waals surface area contributed by atoms with Gasteiger partial charge in [0, 0.05) is 38.0 Å². The van der Waals surface area contributed by atoms with E-state index in [-0.39, 0.29) is 21.1 Å². The predicted octanol–water partition coefficient (Wildman–Crippen LogP) is 2.81. The van der Waals surface area contributed by atoms with Gasteiger partial charge < -0.3 is 9.64 Å². The molecule has 10 heteroatoms. The van der Waals surface area contributed by atoms with Crippen molar-refractivity contribution in [2.24, 2.45) is 5.41 Å². The van der Waals surface area contributed by atoms with Crippen LogP contribution < -0.4 is 4.74 Å². The van der Waals surface area contributed by atoms with Gasteiger partial charge in [0.05, 0.1) is 16.4 Å². The van der Waals surface area contributed by atoms with Crippen molar-refractivity contribution in [3.8, 4) is 5.75 Å². The van der Waals surface area contributed by atoms with Crippen molar-refractivity contribution >= 4 is 25.8 Å². The van der Waals surface area contributed by atoms with Crippen molar-refractivity contribution in [1.82, 2.24) is 9.21 Å². The van der Waals surface area contributed by atoms with Gasteiger partial charge in [0.2, 0.25) is 10.0 Å². The van der Waals surface area contributed by atoms with Crippen LogP contribution in [0, 0.1) is 5.41 Å². The normalized spacial score (nSPS) is 18.8. The summed E-state index contributed by atoms with van der Waals surface area (Å²) in [6.07, 6.45) is 3.33. The summed E-state index contributed by atoms with van der Waals surface area (Å²) in [5.74, 6) is 0.709. The molecule has 0 N–H and O–H groups in total. The number of sulfone groups is 1. The Morgan fingerprint density at radius 2 is 1.44 bits per heavy atom. The number of nitrogens with zero attached hydrogens (tertiary/aromatic N) is 2. The van der Waals surface area contributed by atoms with Gasteiger partial charge in [-0.2, -0.15) is 4.31 Å². The molecule has 1 spiro atoms. The summed E-state index contributed by atoms with van der Waals surface area (Å²) in [5.41, 5.74) is 0.475. The second-order valence-electron chi connectivity index (χ2n) is 9.08. The largest absolute Gasteiger partial charge is 0.494 e. The molecule has 0 radical (unpaired) electrons. The van der Waals surface area contributed by atoms with Crippen LogP contribution in [-0.4, -0.2) is 71.0 Å². The standard InChI is InChI=1S/C24H30N2O6S2/c1-3-32-20-6-4-19(5-7-20)23(27)25-15-12-24(13-16-25)14-17-26(18-24)34(30,31)22-10-8-21(9-11-22)33(2,28)29/h4-11H,3,12-18H2,1-2H3. The van der Waals surface area contributed by atoms with E-state index in [9.17, 15) is 21.6 Å². The minimum atomic E-state index is -3.71. The van der Waals surface area contributed by atoms with Gasteiger partial charge in [-0.15, -0.1) is 0 Å². The van der Waals surface area contributed by atoms with Crippen molar-refractivity contribution in [2.45, 2.75) is 36.0 Å². The number of piperidine rings is 1. The zero-order valence-electron chi connectivity index (χ0n) is 19.4. The summed E-state index contributed by atoms with van der Waals surface area (Å²) in [7, 11) is -7.10. The molecule has 2 saturated heterocycles. The zero-order valence-corrected chi connectivity index (χ0v) is 21.1. The highest BCUT2D eigenvalue weighted by Gasteiger charge is 2.45. The first-order valence-corrected chi connectivity index (χ1v) is 14.7. The molecule has 0 aromatic heterocycles. The number of likely N-dealkylation sites (tertiary alicyclic amines) is 1. The number of benzene rings is 2. The second kappa shape index (κ2) is 9.31. The first-order chi connectivity index (χ1) is 16.0. The van der Waals surface area contributed by atoms with Crippen LogP contribution in [0.3, 0.4) is 0 Å². The second-order valence-corrected chi connectivity index (χ2v) is 13.0. The van der Waals surface area contributed by atoms with Gasteiger partial charge in [0.15, 0.2) is 9.84 Å². The van der Waals surface area contributed by atoms with E-state index in [0.717, 1.165) is 31.3 Å². The third-order valence-corrected chi connectivity index (χ3v) is 9.80. The SMILES string of the molecule is CCOc1ccc(C(=O)N2CCC3(CC2)CCN(S(=O)(=O)c2ccc(S(C)(=O)=O)cc2)C3)cc1. The molecule has 184 valence electrons. The molecule has 8 nitrogen and oxygen atoms in total. The maximum Gasteiger partial charge on any atom is 0.253 e. The number of hydrogen-bond donors (Lipinski definition) is 0. The van der Waals surface area contributed by atoms with Crippen LogP contribution in [0.5, 0.6) is 5.75 Å².